The van der Waals surface area contributed by atoms with Gasteiger partial charge in [0.1, 0.15) is 0 Å². The van der Waals surface area contributed by atoms with Gasteiger partial charge in [-0.1, -0.05) is 13.8 Å². The lowest BCUT2D eigenvalue weighted by atomic mass is 10.2. The number of aryl methyl sites for hydroxylation is 1. The maximum atomic E-state index is 4.36. The molecule has 0 aliphatic rings. The molecule has 0 bridgehead atoms. The highest BCUT2D eigenvalue weighted by atomic mass is 32.1. The number of hydrogen-bond donors (Lipinski definition) is 0. The summed E-state index contributed by atoms with van der Waals surface area (Å²) in [7, 11) is 0. The molecule has 2 heterocycles. The Hall–Kier alpha value is -0.890. The van der Waals surface area contributed by atoms with Gasteiger partial charge in [0.2, 0.25) is 0 Å². The summed E-state index contributed by atoms with van der Waals surface area (Å²) in [5.74, 6) is 0.610. The number of aromatic nitrogens is 1. The van der Waals surface area contributed by atoms with Crippen LogP contribution in [0.3, 0.4) is 0 Å². The molecule has 0 aliphatic carbocycles. The maximum Gasteiger partial charge on any atom is 0.0815 e. The highest BCUT2D eigenvalue weighted by molar-refractivity contribution is 7.19. The Bertz CT molecular complexity index is 429. The summed E-state index contributed by atoms with van der Waals surface area (Å²) < 4.78 is 1.34. The molecule has 2 rings (SSSR count). The van der Waals surface area contributed by atoms with E-state index in [0.717, 1.165) is 5.52 Å². The molecule has 0 saturated heterocycles. The van der Waals surface area contributed by atoms with E-state index in [1.54, 1.807) is 0 Å². The standard InChI is InChI=1S/C11H13NS/c1-7(2)10-6-9-11(13-10)8(3)4-5-12-9/h4-7H,1-3H3. The monoisotopic (exact) mass is 191 g/mol. The minimum Gasteiger partial charge on any atom is -0.255 e. The smallest absolute Gasteiger partial charge is 0.0815 e. The first-order chi connectivity index (χ1) is 6.18. The molecule has 0 spiro atoms. The summed E-state index contributed by atoms with van der Waals surface area (Å²) in [5.41, 5.74) is 2.48. The molecule has 0 fully saturated rings. The van der Waals surface area contributed by atoms with Gasteiger partial charge in [-0.3, -0.25) is 4.98 Å². The van der Waals surface area contributed by atoms with E-state index in [0.29, 0.717) is 5.92 Å². The summed E-state index contributed by atoms with van der Waals surface area (Å²) in [5, 5.41) is 0. The van der Waals surface area contributed by atoms with Crippen molar-refractivity contribution in [3.8, 4) is 0 Å². The van der Waals surface area contributed by atoms with Crippen LogP contribution in [0.4, 0.5) is 0 Å². The summed E-state index contributed by atoms with van der Waals surface area (Å²) >= 11 is 1.87. The Kier molecular flexibility index (Phi) is 2.08. The molecule has 0 saturated carbocycles. The third-order valence-corrected chi connectivity index (χ3v) is 3.76. The normalized spacial score (nSPS) is 11.4. The molecule has 2 heteroatoms. The van der Waals surface area contributed by atoms with Gasteiger partial charge in [0.25, 0.3) is 0 Å². The van der Waals surface area contributed by atoms with Gasteiger partial charge in [0.15, 0.2) is 0 Å². The molecule has 13 heavy (non-hydrogen) atoms. The van der Waals surface area contributed by atoms with Crippen molar-refractivity contribution in [1.29, 1.82) is 0 Å². The average Bonchev–Trinajstić information content (AvgIpc) is 2.49. The second-order valence-electron chi connectivity index (χ2n) is 3.65. The van der Waals surface area contributed by atoms with E-state index in [-0.39, 0.29) is 0 Å². The summed E-state index contributed by atoms with van der Waals surface area (Å²) in [4.78, 5) is 5.78. The molecule has 0 atom stereocenters. The SMILES string of the molecule is Cc1ccnc2cc(C(C)C)sc12. The second kappa shape index (κ2) is 3.11. The molecule has 0 aliphatic heterocycles. The van der Waals surface area contributed by atoms with Gasteiger partial charge in [-0.2, -0.15) is 0 Å². The lowest BCUT2D eigenvalue weighted by molar-refractivity contribution is 0.890. The van der Waals surface area contributed by atoms with Crippen LogP contribution in [0.15, 0.2) is 18.3 Å². The van der Waals surface area contributed by atoms with Gasteiger partial charge in [0, 0.05) is 11.1 Å². The largest absolute Gasteiger partial charge is 0.255 e. The molecule has 0 unspecified atom stereocenters. The highest BCUT2D eigenvalue weighted by Gasteiger charge is 2.06. The molecule has 2 aromatic heterocycles. The van der Waals surface area contributed by atoms with Crippen LogP contribution in [0.25, 0.3) is 10.2 Å². The van der Waals surface area contributed by atoms with Gasteiger partial charge in [0.05, 0.1) is 10.2 Å². The molecule has 0 aromatic carbocycles. The Morgan fingerprint density at radius 1 is 1.38 bits per heavy atom. The number of rotatable bonds is 1. The fourth-order valence-corrected chi connectivity index (χ4v) is 2.46. The van der Waals surface area contributed by atoms with Crippen molar-refractivity contribution in [3.05, 3.63) is 28.8 Å². The maximum absolute atomic E-state index is 4.36. The molecule has 0 amide bonds. The first-order valence-electron chi connectivity index (χ1n) is 4.53. The van der Waals surface area contributed by atoms with Crippen LogP contribution in [-0.4, -0.2) is 4.98 Å². The topological polar surface area (TPSA) is 12.9 Å². The van der Waals surface area contributed by atoms with Crippen molar-refractivity contribution in [3.63, 3.8) is 0 Å². The fourth-order valence-electron chi connectivity index (χ4n) is 1.37. The van der Waals surface area contributed by atoms with Gasteiger partial charge < -0.3 is 0 Å². The predicted molar refractivity (Wildman–Crippen MR) is 58.4 cm³/mol. The lowest BCUT2D eigenvalue weighted by Crippen LogP contribution is -1.77. The zero-order chi connectivity index (χ0) is 9.42. The van der Waals surface area contributed by atoms with Gasteiger partial charge >= 0.3 is 0 Å². The number of fused-ring (bicyclic) bond motifs is 1. The lowest BCUT2D eigenvalue weighted by Gasteiger charge is -1.96. The molecular weight excluding hydrogens is 178 g/mol. The summed E-state index contributed by atoms with van der Waals surface area (Å²) in [6, 6.07) is 4.28. The third kappa shape index (κ3) is 1.46. The van der Waals surface area contributed by atoms with E-state index in [1.807, 2.05) is 17.5 Å². The quantitative estimate of drug-likeness (QED) is 0.669. The van der Waals surface area contributed by atoms with E-state index in [9.17, 15) is 0 Å². The summed E-state index contributed by atoms with van der Waals surface area (Å²) in [6.45, 7) is 6.59. The van der Waals surface area contributed by atoms with E-state index in [4.69, 9.17) is 0 Å². The van der Waals surface area contributed by atoms with Crippen LogP contribution < -0.4 is 0 Å². The van der Waals surface area contributed by atoms with Crippen LogP contribution in [0.1, 0.15) is 30.2 Å². The Morgan fingerprint density at radius 3 is 2.77 bits per heavy atom. The molecule has 0 N–H and O–H groups in total. The fraction of sp³-hybridized carbons (Fsp3) is 0.364. The molecule has 1 nitrogen and oxygen atoms in total. The molecular formula is C11H13NS. The van der Waals surface area contributed by atoms with Crippen molar-refractivity contribution in [2.45, 2.75) is 26.7 Å². The van der Waals surface area contributed by atoms with Crippen molar-refractivity contribution in [2.24, 2.45) is 0 Å². The Morgan fingerprint density at radius 2 is 2.15 bits per heavy atom. The van der Waals surface area contributed by atoms with E-state index < -0.39 is 0 Å². The van der Waals surface area contributed by atoms with Crippen molar-refractivity contribution < 1.29 is 0 Å². The Balaban J connectivity index is 2.68. The number of hydrogen-bond acceptors (Lipinski definition) is 2. The number of pyridine rings is 1. The second-order valence-corrected chi connectivity index (χ2v) is 4.73. The Labute approximate surface area is 82.4 Å². The van der Waals surface area contributed by atoms with Crippen molar-refractivity contribution in [1.82, 2.24) is 4.98 Å². The molecule has 68 valence electrons. The molecule has 0 radical (unpaired) electrons. The first kappa shape index (κ1) is 8.70. The van der Waals surface area contributed by atoms with Crippen LogP contribution in [0, 0.1) is 6.92 Å². The number of thiophene rings is 1. The van der Waals surface area contributed by atoms with Crippen LogP contribution in [0.2, 0.25) is 0 Å². The first-order valence-corrected chi connectivity index (χ1v) is 5.35. The minimum atomic E-state index is 0.610. The van der Waals surface area contributed by atoms with E-state index in [2.05, 4.69) is 37.9 Å². The van der Waals surface area contributed by atoms with Crippen molar-refractivity contribution >= 4 is 21.6 Å². The third-order valence-electron chi connectivity index (χ3n) is 2.20. The summed E-state index contributed by atoms with van der Waals surface area (Å²) in [6.07, 6.45) is 1.88. The predicted octanol–water partition coefficient (Wildman–Crippen LogP) is 3.73. The van der Waals surface area contributed by atoms with Gasteiger partial charge in [-0.25, -0.2) is 0 Å². The van der Waals surface area contributed by atoms with Crippen LogP contribution in [0.5, 0.6) is 0 Å². The highest BCUT2D eigenvalue weighted by Crippen LogP contribution is 2.31. The average molecular weight is 191 g/mol. The minimum absolute atomic E-state index is 0.610. The van der Waals surface area contributed by atoms with E-state index in [1.165, 1.54) is 15.1 Å². The molecule has 2 aromatic rings. The van der Waals surface area contributed by atoms with Crippen LogP contribution in [-0.2, 0) is 0 Å². The van der Waals surface area contributed by atoms with Gasteiger partial charge in [-0.15, -0.1) is 11.3 Å². The zero-order valence-electron chi connectivity index (χ0n) is 8.16. The number of nitrogens with zero attached hydrogens (tertiary/aromatic N) is 1. The zero-order valence-corrected chi connectivity index (χ0v) is 8.98. The van der Waals surface area contributed by atoms with Crippen molar-refractivity contribution in [2.75, 3.05) is 0 Å². The van der Waals surface area contributed by atoms with E-state index >= 15 is 0 Å². The van der Waals surface area contributed by atoms with Crippen LogP contribution >= 0.6 is 11.3 Å². The van der Waals surface area contributed by atoms with Gasteiger partial charge in [-0.05, 0) is 30.5 Å².